The molecule has 0 spiro atoms. The van der Waals surface area contributed by atoms with E-state index in [-0.39, 0.29) is 5.75 Å². The molecular weight excluding hydrogens is 250 g/mol. The minimum Gasteiger partial charge on any atom is -0.354 e. The van der Waals surface area contributed by atoms with E-state index in [2.05, 4.69) is 15.2 Å². The van der Waals surface area contributed by atoms with E-state index in [4.69, 9.17) is 0 Å². The third-order valence-electron chi connectivity index (χ3n) is 3.56. The highest BCUT2D eigenvalue weighted by molar-refractivity contribution is 7.92. The van der Waals surface area contributed by atoms with Crippen LogP contribution in [-0.4, -0.2) is 55.5 Å². The van der Waals surface area contributed by atoms with Gasteiger partial charge in [-0.15, -0.1) is 0 Å². The maximum Gasteiger partial charge on any atom is 0.194 e. The number of guanidine groups is 1. The van der Waals surface area contributed by atoms with Gasteiger partial charge in [-0.05, 0) is 33.6 Å². The van der Waals surface area contributed by atoms with Crippen molar-refractivity contribution in [3.8, 4) is 0 Å². The van der Waals surface area contributed by atoms with E-state index in [1.165, 1.54) is 12.8 Å². The molecule has 0 aromatic heterocycles. The highest BCUT2D eigenvalue weighted by Gasteiger charge is 2.41. The lowest BCUT2D eigenvalue weighted by Crippen LogP contribution is -2.57. The van der Waals surface area contributed by atoms with Gasteiger partial charge in [0, 0.05) is 25.7 Å². The van der Waals surface area contributed by atoms with Crippen LogP contribution in [-0.2, 0) is 9.84 Å². The maximum atomic E-state index is 12.0. The Balaban J connectivity index is 2.10. The number of rotatable bonds is 2. The van der Waals surface area contributed by atoms with Crippen molar-refractivity contribution in [1.29, 1.82) is 0 Å². The van der Waals surface area contributed by atoms with Gasteiger partial charge in [-0.1, -0.05) is 0 Å². The van der Waals surface area contributed by atoms with Crippen LogP contribution < -0.4 is 5.32 Å². The molecule has 18 heavy (non-hydrogen) atoms. The Bertz CT molecular complexity index is 438. The van der Waals surface area contributed by atoms with Crippen LogP contribution in [0.2, 0.25) is 0 Å². The first kappa shape index (κ1) is 13.6. The summed E-state index contributed by atoms with van der Waals surface area (Å²) >= 11 is 0. The topological polar surface area (TPSA) is 61.8 Å². The average molecular weight is 273 g/mol. The summed E-state index contributed by atoms with van der Waals surface area (Å²) in [6, 6.07) is 0.539. The zero-order chi connectivity index (χ0) is 13.4. The van der Waals surface area contributed by atoms with E-state index >= 15 is 0 Å². The van der Waals surface area contributed by atoms with Gasteiger partial charge in [0.25, 0.3) is 0 Å². The Kier molecular flexibility index (Phi) is 3.58. The second-order valence-electron chi connectivity index (χ2n) is 5.72. The SMILES string of the molecule is CCN=C(NC1CC1)N1CCS(=O)(=O)C(C)(C)C1. The lowest BCUT2D eigenvalue weighted by atomic mass is 10.2. The number of nitrogens with zero attached hydrogens (tertiary/aromatic N) is 2. The van der Waals surface area contributed by atoms with E-state index in [1.807, 2.05) is 6.92 Å². The van der Waals surface area contributed by atoms with Crippen molar-refractivity contribution in [3.63, 3.8) is 0 Å². The van der Waals surface area contributed by atoms with Crippen molar-refractivity contribution in [3.05, 3.63) is 0 Å². The molecule has 1 aliphatic heterocycles. The van der Waals surface area contributed by atoms with Crippen molar-refractivity contribution in [1.82, 2.24) is 10.2 Å². The van der Waals surface area contributed by atoms with Gasteiger partial charge in [-0.3, -0.25) is 4.99 Å². The van der Waals surface area contributed by atoms with E-state index in [0.717, 1.165) is 12.5 Å². The quantitative estimate of drug-likeness (QED) is 0.592. The van der Waals surface area contributed by atoms with Crippen LogP contribution in [0.1, 0.15) is 33.6 Å². The molecule has 5 nitrogen and oxygen atoms in total. The number of nitrogens with one attached hydrogen (secondary N) is 1. The summed E-state index contributed by atoms with van der Waals surface area (Å²) in [5.41, 5.74) is 0. The molecule has 1 heterocycles. The molecule has 0 unspecified atom stereocenters. The molecule has 1 saturated carbocycles. The summed E-state index contributed by atoms with van der Waals surface area (Å²) in [6.45, 7) is 7.39. The fourth-order valence-corrected chi connectivity index (χ4v) is 3.49. The Hall–Kier alpha value is -0.780. The molecule has 0 radical (unpaired) electrons. The minimum absolute atomic E-state index is 0.217. The van der Waals surface area contributed by atoms with E-state index in [9.17, 15) is 8.42 Å². The van der Waals surface area contributed by atoms with Gasteiger partial charge in [0.2, 0.25) is 0 Å². The highest BCUT2D eigenvalue weighted by Crippen LogP contribution is 2.25. The molecule has 2 fully saturated rings. The number of sulfone groups is 1. The van der Waals surface area contributed by atoms with Crippen molar-refractivity contribution >= 4 is 15.8 Å². The third-order valence-corrected chi connectivity index (χ3v) is 6.09. The monoisotopic (exact) mass is 273 g/mol. The average Bonchev–Trinajstić information content (AvgIpc) is 3.05. The predicted octanol–water partition coefficient (Wildman–Crippen LogP) is 0.623. The zero-order valence-corrected chi connectivity index (χ0v) is 12.3. The van der Waals surface area contributed by atoms with Crippen LogP contribution >= 0.6 is 0 Å². The second kappa shape index (κ2) is 4.72. The molecule has 2 rings (SSSR count). The molecule has 0 aromatic rings. The summed E-state index contributed by atoms with van der Waals surface area (Å²) in [5.74, 6) is 1.10. The molecule has 1 aliphatic carbocycles. The molecule has 1 N–H and O–H groups in total. The lowest BCUT2D eigenvalue weighted by molar-refractivity contribution is 0.352. The molecule has 0 atom stereocenters. The van der Waals surface area contributed by atoms with Gasteiger partial charge in [0.1, 0.15) is 0 Å². The van der Waals surface area contributed by atoms with Crippen molar-refractivity contribution in [2.45, 2.75) is 44.4 Å². The van der Waals surface area contributed by atoms with Gasteiger partial charge in [0.15, 0.2) is 15.8 Å². The first-order chi connectivity index (χ1) is 8.36. The summed E-state index contributed by atoms with van der Waals surface area (Å²) < 4.78 is 23.3. The van der Waals surface area contributed by atoms with Crippen LogP contribution in [0, 0.1) is 0 Å². The lowest BCUT2D eigenvalue weighted by Gasteiger charge is -2.39. The number of aliphatic imine (C=N–C) groups is 1. The number of hydrogen-bond donors (Lipinski definition) is 1. The highest BCUT2D eigenvalue weighted by atomic mass is 32.2. The van der Waals surface area contributed by atoms with Crippen molar-refractivity contribution < 1.29 is 8.42 Å². The van der Waals surface area contributed by atoms with Gasteiger partial charge in [0.05, 0.1) is 10.5 Å². The Morgan fingerprint density at radius 3 is 2.61 bits per heavy atom. The summed E-state index contributed by atoms with van der Waals surface area (Å²) in [5, 5.41) is 3.41. The normalized spacial score (nSPS) is 27.1. The van der Waals surface area contributed by atoms with Crippen LogP contribution in [0.5, 0.6) is 0 Å². The van der Waals surface area contributed by atoms with Gasteiger partial charge in [-0.25, -0.2) is 8.42 Å². The van der Waals surface area contributed by atoms with Gasteiger partial charge in [-0.2, -0.15) is 0 Å². The molecule has 2 aliphatic rings. The minimum atomic E-state index is -2.98. The fourth-order valence-electron chi connectivity index (χ4n) is 2.12. The van der Waals surface area contributed by atoms with Gasteiger partial charge >= 0.3 is 0 Å². The molecule has 0 amide bonds. The zero-order valence-electron chi connectivity index (χ0n) is 11.4. The Morgan fingerprint density at radius 1 is 1.44 bits per heavy atom. The van der Waals surface area contributed by atoms with Crippen LogP contribution in [0.25, 0.3) is 0 Å². The van der Waals surface area contributed by atoms with E-state index < -0.39 is 14.6 Å². The molecule has 0 aromatic carbocycles. The van der Waals surface area contributed by atoms with E-state index in [1.54, 1.807) is 13.8 Å². The molecule has 1 saturated heterocycles. The smallest absolute Gasteiger partial charge is 0.194 e. The van der Waals surface area contributed by atoms with Crippen molar-refractivity contribution in [2.24, 2.45) is 4.99 Å². The predicted molar refractivity (Wildman–Crippen MR) is 73.6 cm³/mol. The van der Waals surface area contributed by atoms with Crippen LogP contribution in [0.4, 0.5) is 0 Å². The summed E-state index contributed by atoms with van der Waals surface area (Å²) in [4.78, 5) is 6.56. The number of hydrogen-bond acceptors (Lipinski definition) is 3. The molecule has 6 heteroatoms. The second-order valence-corrected chi connectivity index (χ2v) is 8.46. The van der Waals surface area contributed by atoms with Gasteiger partial charge < -0.3 is 10.2 Å². The summed E-state index contributed by atoms with van der Waals surface area (Å²) in [6.07, 6.45) is 2.39. The first-order valence-electron chi connectivity index (χ1n) is 6.64. The van der Waals surface area contributed by atoms with Crippen LogP contribution in [0.3, 0.4) is 0 Å². The van der Waals surface area contributed by atoms with E-state index in [0.29, 0.717) is 19.1 Å². The maximum absolute atomic E-state index is 12.0. The summed E-state index contributed by atoms with van der Waals surface area (Å²) in [7, 11) is -2.98. The first-order valence-corrected chi connectivity index (χ1v) is 8.29. The molecule has 0 bridgehead atoms. The Labute approximate surface area is 110 Å². The standard InChI is InChI=1S/C12H23N3O2S/c1-4-13-11(14-10-5-6-10)15-7-8-18(16,17)12(2,3)9-15/h10H,4-9H2,1-3H3,(H,13,14). The molecular formula is C12H23N3O2S. The Morgan fingerprint density at radius 2 is 2.11 bits per heavy atom. The fraction of sp³-hybridized carbons (Fsp3) is 0.917. The van der Waals surface area contributed by atoms with Crippen LogP contribution in [0.15, 0.2) is 4.99 Å². The third kappa shape index (κ3) is 2.79. The largest absolute Gasteiger partial charge is 0.354 e. The van der Waals surface area contributed by atoms with Crippen molar-refractivity contribution in [2.75, 3.05) is 25.4 Å². The molecule has 104 valence electrons.